The summed E-state index contributed by atoms with van der Waals surface area (Å²) >= 11 is 11.9. The maximum absolute atomic E-state index is 5.96. The highest BCUT2D eigenvalue weighted by molar-refractivity contribution is 9.45. The Morgan fingerprint density at radius 3 is 1.86 bits per heavy atom. The Hall–Kier alpha value is 0.0400. The molecule has 0 bridgehead atoms. The van der Waals surface area contributed by atoms with Crippen LogP contribution in [0.1, 0.15) is 0 Å². The number of rotatable bonds is 4. The zero-order valence-electron chi connectivity index (χ0n) is 12.1. The van der Waals surface area contributed by atoms with Crippen molar-refractivity contribution in [2.75, 3.05) is 14.2 Å². The summed E-state index contributed by atoms with van der Waals surface area (Å²) in [5, 5.41) is 1.26. The van der Waals surface area contributed by atoms with Crippen LogP contribution in [0.2, 0.25) is 0 Å². The van der Waals surface area contributed by atoms with E-state index >= 15 is 0 Å². The third kappa shape index (κ3) is 3.15. The Labute approximate surface area is 146 Å². The Morgan fingerprint density at radius 2 is 1.41 bits per heavy atom. The normalized spacial score (nSPS) is 25.2. The van der Waals surface area contributed by atoms with Crippen LogP contribution in [0.3, 0.4) is 0 Å². The van der Waals surface area contributed by atoms with E-state index in [1.807, 2.05) is 34.7 Å². The van der Waals surface area contributed by atoms with Crippen molar-refractivity contribution in [3.05, 3.63) is 48.5 Å². The lowest BCUT2D eigenvalue weighted by Gasteiger charge is -2.45. The van der Waals surface area contributed by atoms with E-state index in [0.29, 0.717) is 7.47 Å². The average Bonchev–Trinajstić information content (AvgIpc) is 2.53. The predicted molar refractivity (Wildman–Crippen MR) is 110 cm³/mol. The standard InChI is InChI=1S/C14H16O2P2S4/c1-15-11-3-7-13(8-4-11)18(19)17-22(20,21-18)14-9-5-12(16-2)6-10-14/h3-10,17,22H,1-2H3. The van der Waals surface area contributed by atoms with Crippen molar-refractivity contribution in [3.8, 4) is 11.5 Å². The lowest BCUT2D eigenvalue weighted by Crippen LogP contribution is -2.12. The SMILES string of the molecule is COc1ccc(P2(=S)P[SH](=S)(c3ccc(OC)cc3)S2)cc1. The number of hydrogen-bond donors (Lipinski definition) is 1. The molecular weight excluding hydrogens is 390 g/mol. The zero-order chi connectivity index (χ0) is 15.8. The van der Waals surface area contributed by atoms with Crippen molar-refractivity contribution in [2.24, 2.45) is 0 Å². The van der Waals surface area contributed by atoms with Gasteiger partial charge in [0.1, 0.15) is 11.5 Å². The fraction of sp³-hybridized carbons (Fsp3) is 0.143. The van der Waals surface area contributed by atoms with E-state index in [1.54, 1.807) is 14.2 Å². The monoisotopic (exact) mass is 406 g/mol. The lowest BCUT2D eigenvalue weighted by molar-refractivity contribution is 0.414. The molecule has 2 aromatic rings. The zero-order valence-corrected chi connectivity index (χ0v) is 17.3. The van der Waals surface area contributed by atoms with E-state index < -0.39 is 12.2 Å². The molecule has 0 N–H and O–H groups in total. The van der Waals surface area contributed by atoms with Crippen LogP contribution >= 0.6 is 22.8 Å². The summed E-state index contributed by atoms with van der Waals surface area (Å²) in [5.74, 6) is 1.74. The molecule has 2 atom stereocenters. The Morgan fingerprint density at radius 1 is 0.955 bits per heavy atom. The molecule has 0 aliphatic carbocycles. The summed E-state index contributed by atoms with van der Waals surface area (Å²) in [5.41, 5.74) is 0. The summed E-state index contributed by atoms with van der Waals surface area (Å²) in [7, 11) is 4.40. The van der Waals surface area contributed by atoms with E-state index in [-0.39, 0.29) is 0 Å². The number of benzene rings is 2. The second-order valence-corrected chi connectivity index (χ2v) is 28.5. The fourth-order valence-electron chi connectivity index (χ4n) is 2.11. The molecule has 0 amide bonds. The summed E-state index contributed by atoms with van der Waals surface area (Å²) in [6.45, 7) is 0. The molecule has 2 unspecified atom stereocenters. The van der Waals surface area contributed by atoms with Crippen LogP contribution in [0.25, 0.3) is 0 Å². The highest BCUT2D eigenvalue weighted by atomic mass is 33.8. The molecule has 1 aliphatic rings. The van der Waals surface area contributed by atoms with Crippen LogP contribution < -0.4 is 14.8 Å². The molecule has 0 saturated carbocycles. The van der Waals surface area contributed by atoms with E-state index in [4.69, 9.17) is 32.5 Å². The first kappa shape index (κ1) is 16.9. The highest BCUT2D eigenvalue weighted by Crippen LogP contribution is 2.93. The molecule has 0 radical (unpaired) electrons. The largest absolute Gasteiger partial charge is 0.497 e. The van der Waals surface area contributed by atoms with Gasteiger partial charge in [-0.3, -0.25) is 0 Å². The van der Waals surface area contributed by atoms with Gasteiger partial charge in [-0.05, 0) is 56.0 Å². The smallest absolute Gasteiger partial charge is 0.118 e. The lowest BCUT2D eigenvalue weighted by atomic mass is 10.3. The van der Waals surface area contributed by atoms with E-state index in [0.717, 1.165) is 11.5 Å². The predicted octanol–water partition coefficient (Wildman–Crippen LogP) is 4.30. The maximum Gasteiger partial charge on any atom is 0.118 e. The van der Waals surface area contributed by atoms with E-state index in [9.17, 15) is 0 Å². The first-order valence-corrected chi connectivity index (χ1v) is 16.8. The number of ether oxygens (including phenoxy) is 2. The van der Waals surface area contributed by atoms with Crippen LogP contribution in [-0.4, -0.2) is 14.2 Å². The van der Waals surface area contributed by atoms with Crippen LogP contribution in [0.4, 0.5) is 0 Å². The van der Waals surface area contributed by atoms with Gasteiger partial charge >= 0.3 is 0 Å². The highest BCUT2D eigenvalue weighted by Gasteiger charge is 2.41. The quantitative estimate of drug-likeness (QED) is 0.462. The van der Waals surface area contributed by atoms with Gasteiger partial charge in [0.15, 0.2) is 0 Å². The first-order valence-electron chi connectivity index (χ1n) is 6.49. The molecule has 1 aliphatic heterocycles. The molecule has 1 fully saturated rings. The van der Waals surface area contributed by atoms with Crippen LogP contribution in [-0.2, 0) is 30.2 Å². The Balaban J connectivity index is 1.81. The molecule has 1 saturated heterocycles. The fourth-order valence-corrected chi connectivity index (χ4v) is 51.4. The third-order valence-corrected chi connectivity index (χ3v) is 39.0. The van der Waals surface area contributed by atoms with Crippen molar-refractivity contribution in [3.63, 3.8) is 0 Å². The minimum Gasteiger partial charge on any atom is -0.497 e. The van der Waals surface area contributed by atoms with Gasteiger partial charge in [-0.2, -0.15) is 0 Å². The van der Waals surface area contributed by atoms with Crippen LogP contribution in [0, 0.1) is 0 Å². The van der Waals surface area contributed by atoms with Gasteiger partial charge in [0.25, 0.3) is 0 Å². The molecule has 22 heavy (non-hydrogen) atoms. The van der Waals surface area contributed by atoms with Crippen molar-refractivity contribution in [2.45, 2.75) is 4.90 Å². The molecule has 2 nitrogen and oxygen atoms in total. The van der Waals surface area contributed by atoms with Crippen LogP contribution in [0.5, 0.6) is 11.5 Å². The summed E-state index contributed by atoms with van der Waals surface area (Å²) in [6, 6.07) is 16.4. The summed E-state index contributed by atoms with van der Waals surface area (Å²) < 4.78 is 10.4. The second kappa shape index (κ2) is 6.51. The second-order valence-electron chi connectivity index (χ2n) is 4.68. The molecule has 8 heteroatoms. The summed E-state index contributed by atoms with van der Waals surface area (Å²) in [4.78, 5) is -0.281. The minimum atomic E-state index is -1.55. The van der Waals surface area contributed by atoms with Crippen molar-refractivity contribution < 1.29 is 9.47 Å². The Kier molecular flexibility index (Phi) is 4.99. The van der Waals surface area contributed by atoms with Gasteiger partial charge in [-0.1, -0.05) is 33.4 Å². The number of thiol groups is 1. The van der Waals surface area contributed by atoms with E-state index in [1.165, 1.54) is 10.2 Å². The average molecular weight is 406 g/mol. The van der Waals surface area contributed by atoms with Gasteiger partial charge in [0.05, 0.1) is 19.1 Å². The van der Waals surface area contributed by atoms with Crippen molar-refractivity contribution in [1.29, 1.82) is 0 Å². The van der Waals surface area contributed by atoms with Crippen molar-refractivity contribution >= 4 is 58.4 Å². The maximum atomic E-state index is 5.96. The minimum absolute atomic E-state index is 0.692. The molecule has 3 rings (SSSR count). The molecule has 0 spiro atoms. The number of methoxy groups -OCH3 is 2. The van der Waals surface area contributed by atoms with Gasteiger partial charge in [-0.25, -0.2) is 0 Å². The molecule has 0 aromatic heterocycles. The van der Waals surface area contributed by atoms with Crippen LogP contribution in [0.15, 0.2) is 53.4 Å². The van der Waals surface area contributed by atoms with Gasteiger partial charge in [0, 0.05) is 10.2 Å². The summed E-state index contributed by atoms with van der Waals surface area (Å²) in [6.07, 6.45) is 0. The van der Waals surface area contributed by atoms with Gasteiger partial charge < -0.3 is 9.47 Å². The molecular formula is C14H16O2P2S4. The number of hydrogen-bond acceptors (Lipinski definition) is 5. The molecule has 118 valence electrons. The Bertz CT molecular complexity index is 695. The van der Waals surface area contributed by atoms with Crippen molar-refractivity contribution in [1.82, 2.24) is 0 Å². The van der Waals surface area contributed by atoms with Gasteiger partial charge in [0.2, 0.25) is 0 Å². The van der Waals surface area contributed by atoms with E-state index in [2.05, 4.69) is 24.3 Å². The topological polar surface area (TPSA) is 18.5 Å². The van der Waals surface area contributed by atoms with Gasteiger partial charge in [-0.15, -0.1) is 7.24 Å². The molecule has 1 heterocycles. The molecule has 2 aromatic carbocycles. The third-order valence-electron chi connectivity index (χ3n) is 3.32. The first-order chi connectivity index (χ1) is 10.5.